The van der Waals surface area contributed by atoms with Gasteiger partial charge in [-0.3, -0.25) is 0 Å². The number of nitrogens with two attached hydrogens (primary N) is 1. The van der Waals surface area contributed by atoms with Crippen molar-refractivity contribution in [1.29, 1.82) is 0 Å². The number of hydrogen-bond donors (Lipinski definition) is 1. The zero-order chi connectivity index (χ0) is 8.91. The molecule has 0 bridgehead atoms. The molecule has 0 heterocycles. The predicted octanol–water partition coefficient (Wildman–Crippen LogP) is 2.50. The lowest BCUT2D eigenvalue weighted by molar-refractivity contribution is 0.368. The average molecular weight is 175 g/mol. The second kappa shape index (κ2) is 5.04. The number of rotatable bonds is 5. The van der Waals surface area contributed by atoms with Crippen molar-refractivity contribution in [2.75, 3.05) is 12.3 Å². The zero-order valence-electron chi connectivity index (χ0n) is 8.18. The molecule has 0 aromatic heterocycles. The Hall–Kier alpha value is 0.310. The summed E-state index contributed by atoms with van der Waals surface area (Å²) in [5.74, 6) is 1.24. The third-order valence-electron chi connectivity index (χ3n) is 1.78. The molecule has 0 unspecified atom stereocenters. The van der Waals surface area contributed by atoms with Crippen molar-refractivity contribution >= 4 is 11.8 Å². The maximum absolute atomic E-state index is 5.61. The van der Waals surface area contributed by atoms with Gasteiger partial charge in [0.15, 0.2) is 0 Å². The van der Waals surface area contributed by atoms with E-state index < -0.39 is 0 Å². The second-order valence-corrected chi connectivity index (χ2v) is 5.72. The van der Waals surface area contributed by atoms with Crippen LogP contribution in [0.1, 0.15) is 34.1 Å². The Morgan fingerprint density at radius 3 is 2.27 bits per heavy atom. The third-order valence-corrected chi connectivity index (χ3v) is 2.89. The topological polar surface area (TPSA) is 26.0 Å². The van der Waals surface area contributed by atoms with Crippen molar-refractivity contribution in [1.82, 2.24) is 0 Å². The Kier molecular flexibility index (Phi) is 5.19. The van der Waals surface area contributed by atoms with E-state index in [-0.39, 0.29) is 0 Å². The van der Waals surface area contributed by atoms with Gasteiger partial charge in [-0.1, -0.05) is 27.7 Å². The van der Waals surface area contributed by atoms with Crippen LogP contribution in [-0.2, 0) is 0 Å². The lowest BCUT2D eigenvalue weighted by Crippen LogP contribution is -2.24. The van der Waals surface area contributed by atoms with Crippen molar-refractivity contribution in [3.05, 3.63) is 0 Å². The van der Waals surface area contributed by atoms with Crippen LogP contribution < -0.4 is 5.73 Å². The Morgan fingerprint density at radius 1 is 1.36 bits per heavy atom. The van der Waals surface area contributed by atoms with Gasteiger partial charge >= 0.3 is 0 Å². The third kappa shape index (κ3) is 6.70. The van der Waals surface area contributed by atoms with E-state index in [2.05, 4.69) is 27.7 Å². The molecular formula is C9H21NS. The van der Waals surface area contributed by atoms with Gasteiger partial charge in [-0.2, -0.15) is 11.8 Å². The van der Waals surface area contributed by atoms with E-state index in [9.17, 15) is 0 Å². The molecule has 0 saturated carbocycles. The van der Waals surface area contributed by atoms with Gasteiger partial charge in [-0.05, 0) is 29.4 Å². The molecule has 0 aliphatic heterocycles. The van der Waals surface area contributed by atoms with Gasteiger partial charge in [0.25, 0.3) is 0 Å². The zero-order valence-corrected chi connectivity index (χ0v) is 9.00. The Balaban J connectivity index is 3.38. The molecule has 0 atom stereocenters. The summed E-state index contributed by atoms with van der Waals surface area (Å²) in [6.07, 6.45) is 1.23. The van der Waals surface area contributed by atoms with Gasteiger partial charge in [-0.25, -0.2) is 0 Å². The van der Waals surface area contributed by atoms with Crippen LogP contribution in [0.2, 0.25) is 0 Å². The van der Waals surface area contributed by atoms with E-state index in [1.807, 2.05) is 11.8 Å². The highest BCUT2D eigenvalue weighted by molar-refractivity contribution is 7.99. The lowest BCUT2D eigenvalue weighted by Gasteiger charge is -2.22. The van der Waals surface area contributed by atoms with Gasteiger partial charge in [0.2, 0.25) is 0 Å². The summed E-state index contributed by atoms with van der Waals surface area (Å²) in [6, 6.07) is 0. The fourth-order valence-electron chi connectivity index (χ4n) is 0.673. The summed E-state index contributed by atoms with van der Waals surface area (Å²) in [7, 11) is 0. The standard InChI is InChI=1S/C9H21NS/c1-8(2)11-6-5-9(3,4)7-10/h8H,5-7,10H2,1-4H3. The molecule has 0 aliphatic rings. The van der Waals surface area contributed by atoms with Crippen LogP contribution in [0, 0.1) is 5.41 Å². The van der Waals surface area contributed by atoms with Crippen molar-refractivity contribution in [3.8, 4) is 0 Å². The molecule has 11 heavy (non-hydrogen) atoms. The molecule has 68 valence electrons. The van der Waals surface area contributed by atoms with Crippen LogP contribution in [0.25, 0.3) is 0 Å². The Morgan fingerprint density at radius 2 is 1.91 bits per heavy atom. The first-order valence-electron chi connectivity index (χ1n) is 4.29. The van der Waals surface area contributed by atoms with Gasteiger partial charge in [0.1, 0.15) is 0 Å². The van der Waals surface area contributed by atoms with E-state index in [1.165, 1.54) is 12.2 Å². The summed E-state index contributed by atoms with van der Waals surface area (Å²) in [5, 5.41) is 0.753. The molecule has 0 spiro atoms. The monoisotopic (exact) mass is 175 g/mol. The predicted molar refractivity (Wildman–Crippen MR) is 55.0 cm³/mol. The van der Waals surface area contributed by atoms with Gasteiger partial charge in [0.05, 0.1) is 0 Å². The highest BCUT2D eigenvalue weighted by atomic mass is 32.2. The highest BCUT2D eigenvalue weighted by Crippen LogP contribution is 2.22. The van der Waals surface area contributed by atoms with Crippen LogP contribution in [0.3, 0.4) is 0 Å². The van der Waals surface area contributed by atoms with Crippen molar-refractivity contribution < 1.29 is 0 Å². The maximum Gasteiger partial charge on any atom is -0.000968 e. The van der Waals surface area contributed by atoms with Crippen molar-refractivity contribution in [3.63, 3.8) is 0 Å². The number of thioether (sulfide) groups is 1. The lowest BCUT2D eigenvalue weighted by atomic mass is 9.91. The summed E-state index contributed by atoms with van der Waals surface area (Å²) in [5.41, 5.74) is 5.95. The first kappa shape index (κ1) is 11.3. The van der Waals surface area contributed by atoms with Gasteiger partial charge in [0, 0.05) is 0 Å². The largest absolute Gasteiger partial charge is 0.330 e. The molecular weight excluding hydrogens is 154 g/mol. The molecule has 2 heteroatoms. The minimum atomic E-state index is 0.335. The summed E-state index contributed by atoms with van der Waals surface area (Å²) < 4.78 is 0. The first-order valence-corrected chi connectivity index (χ1v) is 5.34. The molecule has 0 radical (unpaired) electrons. The fraction of sp³-hybridized carbons (Fsp3) is 1.00. The van der Waals surface area contributed by atoms with Crippen molar-refractivity contribution in [2.45, 2.75) is 39.4 Å². The molecule has 0 aliphatic carbocycles. The summed E-state index contributed by atoms with van der Waals surface area (Å²) in [4.78, 5) is 0. The quantitative estimate of drug-likeness (QED) is 0.695. The molecule has 2 N–H and O–H groups in total. The van der Waals surface area contributed by atoms with Crippen LogP contribution in [-0.4, -0.2) is 17.5 Å². The van der Waals surface area contributed by atoms with E-state index in [4.69, 9.17) is 5.73 Å². The summed E-state index contributed by atoms with van der Waals surface area (Å²) in [6.45, 7) is 9.73. The molecule has 1 nitrogen and oxygen atoms in total. The minimum Gasteiger partial charge on any atom is -0.330 e. The second-order valence-electron chi connectivity index (χ2n) is 4.04. The Labute approximate surface area is 75.1 Å². The van der Waals surface area contributed by atoms with Crippen LogP contribution in [0.15, 0.2) is 0 Å². The van der Waals surface area contributed by atoms with E-state index in [1.54, 1.807) is 0 Å². The summed E-state index contributed by atoms with van der Waals surface area (Å²) >= 11 is 2.02. The molecule has 0 saturated heterocycles. The molecule has 0 amide bonds. The van der Waals surface area contributed by atoms with Crippen molar-refractivity contribution in [2.24, 2.45) is 11.1 Å². The van der Waals surface area contributed by atoms with Crippen LogP contribution >= 0.6 is 11.8 Å². The molecule has 0 rings (SSSR count). The van der Waals surface area contributed by atoms with Gasteiger partial charge in [-0.15, -0.1) is 0 Å². The molecule has 0 aromatic carbocycles. The fourth-order valence-corrected chi connectivity index (χ4v) is 1.81. The SMILES string of the molecule is CC(C)SCCC(C)(C)CN. The minimum absolute atomic E-state index is 0.335. The first-order chi connectivity index (χ1) is 4.98. The molecule has 0 fully saturated rings. The van der Waals surface area contributed by atoms with Gasteiger partial charge < -0.3 is 5.73 Å². The van der Waals surface area contributed by atoms with E-state index in [0.717, 1.165) is 11.8 Å². The maximum atomic E-state index is 5.61. The normalized spacial score (nSPS) is 12.5. The average Bonchev–Trinajstić information content (AvgIpc) is 1.87. The van der Waals surface area contributed by atoms with E-state index >= 15 is 0 Å². The smallest absolute Gasteiger partial charge is 0.000968 e. The highest BCUT2D eigenvalue weighted by Gasteiger charge is 2.14. The number of hydrogen-bond acceptors (Lipinski definition) is 2. The van der Waals surface area contributed by atoms with Crippen LogP contribution in [0.4, 0.5) is 0 Å². The Bertz CT molecular complexity index is 99.7. The van der Waals surface area contributed by atoms with Crippen LogP contribution in [0.5, 0.6) is 0 Å². The molecule has 0 aromatic rings. The van der Waals surface area contributed by atoms with E-state index in [0.29, 0.717) is 5.41 Å².